The third-order valence-corrected chi connectivity index (χ3v) is 5.82. The van der Waals surface area contributed by atoms with E-state index in [9.17, 15) is 4.79 Å². The molecule has 1 saturated heterocycles. The van der Waals surface area contributed by atoms with E-state index < -0.39 is 5.91 Å². The molecule has 0 saturated carbocycles. The van der Waals surface area contributed by atoms with Gasteiger partial charge in [0.15, 0.2) is 5.76 Å². The van der Waals surface area contributed by atoms with Gasteiger partial charge in [0.1, 0.15) is 11.5 Å². The second kappa shape index (κ2) is 9.32. The number of nitrogens with zero attached hydrogens (tertiary/aromatic N) is 3. The quantitative estimate of drug-likeness (QED) is 0.353. The van der Waals surface area contributed by atoms with E-state index in [-0.39, 0.29) is 0 Å². The molecule has 31 heavy (non-hydrogen) atoms. The molecule has 2 N–H and O–H groups in total. The maximum atomic E-state index is 11.4. The lowest BCUT2D eigenvalue weighted by molar-refractivity contribution is -0.124. The van der Waals surface area contributed by atoms with Crippen LogP contribution in [-0.4, -0.2) is 45.2 Å². The molecule has 7 nitrogen and oxygen atoms in total. The minimum Gasteiger partial charge on any atom is -0.463 e. The standard InChI is InChI=1S/C24H28N4O3/c1-3-27-13-5-9-20(16-27)28-23(21-10-6-14-31-21)17(2)25-24(28)19-8-4-7-18(15-19)11-12-22(29)26-30/h4,6-8,10-12,14-15,20,30H,3,5,9,13,16H2,1-2H3,(H,26,29)/b12-11+/t20-/m1/s1. The third kappa shape index (κ3) is 4.47. The number of imidazole rings is 1. The van der Waals surface area contributed by atoms with E-state index in [1.165, 1.54) is 6.08 Å². The fourth-order valence-corrected chi connectivity index (χ4v) is 4.34. The molecule has 0 spiro atoms. The van der Waals surface area contributed by atoms with Gasteiger partial charge in [0.05, 0.1) is 12.0 Å². The summed E-state index contributed by atoms with van der Waals surface area (Å²) in [5.74, 6) is 1.15. The molecule has 0 unspecified atom stereocenters. The van der Waals surface area contributed by atoms with Crippen molar-refractivity contribution < 1.29 is 14.4 Å². The van der Waals surface area contributed by atoms with E-state index in [0.29, 0.717) is 6.04 Å². The summed E-state index contributed by atoms with van der Waals surface area (Å²) in [7, 11) is 0. The summed E-state index contributed by atoms with van der Waals surface area (Å²) in [5, 5.41) is 8.71. The first-order valence-electron chi connectivity index (χ1n) is 10.7. The first-order valence-corrected chi connectivity index (χ1v) is 10.7. The zero-order valence-corrected chi connectivity index (χ0v) is 17.9. The van der Waals surface area contributed by atoms with Crippen LogP contribution in [0.15, 0.2) is 53.2 Å². The zero-order chi connectivity index (χ0) is 21.8. The highest BCUT2D eigenvalue weighted by molar-refractivity contribution is 5.91. The minimum atomic E-state index is -0.565. The van der Waals surface area contributed by atoms with Gasteiger partial charge in [0, 0.05) is 24.2 Å². The van der Waals surface area contributed by atoms with Gasteiger partial charge in [-0.1, -0.05) is 25.1 Å². The molecule has 4 rings (SSSR count). The average Bonchev–Trinajstić information content (AvgIpc) is 3.45. The predicted octanol–water partition coefficient (Wildman–Crippen LogP) is 4.29. The number of aryl methyl sites for hydroxylation is 1. The van der Waals surface area contributed by atoms with Crippen LogP contribution in [0.2, 0.25) is 0 Å². The highest BCUT2D eigenvalue weighted by Crippen LogP contribution is 2.36. The normalized spacial score (nSPS) is 17.3. The lowest BCUT2D eigenvalue weighted by atomic mass is 10.0. The number of hydroxylamine groups is 1. The number of aromatic nitrogens is 2. The average molecular weight is 421 g/mol. The van der Waals surface area contributed by atoms with Crippen LogP contribution in [0.1, 0.15) is 37.1 Å². The Bertz CT molecular complexity index is 1070. The smallest absolute Gasteiger partial charge is 0.267 e. The Hall–Kier alpha value is -3.16. The van der Waals surface area contributed by atoms with Crippen molar-refractivity contribution in [2.45, 2.75) is 32.7 Å². The van der Waals surface area contributed by atoms with Crippen LogP contribution < -0.4 is 5.48 Å². The number of likely N-dealkylation sites (N-methyl/N-ethyl adjacent to an activating group) is 1. The Morgan fingerprint density at radius 3 is 2.97 bits per heavy atom. The maximum Gasteiger partial charge on any atom is 0.267 e. The third-order valence-electron chi connectivity index (χ3n) is 5.82. The number of carbonyl (C=O) groups is 1. The van der Waals surface area contributed by atoms with E-state index in [0.717, 1.165) is 66.6 Å². The van der Waals surface area contributed by atoms with Crippen molar-refractivity contribution in [3.8, 4) is 22.8 Å². The topological polar surface area (TPSA) is 83.5 Å². The molecule has 2 aromatic heterocycles. The van der Waals surface area contributed by atoms with Gasteiger partial charge < -0.3 is 13.9 Å². The van der Waals surface area contributed by atoms with Crippen LogP contribution in [0.3, 0.4) is 0 Å². The largest absolute Gasteiger partial charge is 0.463 e. The predicted molar refractivity (Wildman–Crippen MR) is 119 cm³/mol. The summed E-state index contributed by atoms with van der Waals surface area (Å²) >= 11 is 0. The second-order valence-electron chi connectivity index (χ2n) is 7.84. The van der Waals surface area contributed by atoms with Crippen LogP contribution in [0.25, 0.3) is 28.9 Å². The fraction of sp³-hybridized carbons (Fsp3) is 0.333. The molecule has 0 radical (unpaired) electrons. The SMILES string of the molecule is CCN1CCC[C@@H](n2c(-c3cccc(/C=C/C(=O)NO)c3)nc(C)c2-c2ccco2)C1. The summed E-state index contributed by atoms with van der Waals surface area (Å²) in [4.78, 5) is 18.8. The summed E-state index contributed by atoms with van der Waals surface area (Å²) in [5.41, 5.74) is 5.39. The van der Waals surface area contributed by atoms with E-state index in [4.69, 9.17) is 14.6 Å². The lowest BCUT2D eigenvalue weighted by Gasteiger charge is -2.34. The van der Waals surface area contributed by atoms with Crippen molar-refractivity contribution in [1.82, 2.24) is 19.9 Å². The van der Waals surface area contributed by atoms with Crippen LogP contribution in [0.4, 0.5) is 0 Å². The summed E-state index contributed by atoms with van der Waals surface area (Å²) in [6.07, 6.45) is 6.89. The highest BCUT2D eigenvalue weighted by atomic mass is 16.5. The van der Waals surface area contributed by atoms with Gasteiger partial charge in [-0.15, -0.1) is 0 Å². The monoisotopic (exact) mass is 420 g/mol. The molecule has 0 aliphatic carbocycles. The van der Waals surface area contributed by atoms with Crippen molar-refractivity contribution in [1.29, 1.82) is 0 Å². The molecule has 1 aromatic carbocycles. The number of hydrogen-bond donors (Lipinski definition) is 2. The molecule has 1 aliphatic heterocycles. The number of piperidine rings is 1. The molecule has 7 heteroatoms. The fourth-order valence-electron chi connectivity index (χ4n) is 4.34. The Kier molecular flexibility index (Phi) is 6.34. The number of amides is 1. The van der Waals surface area contributed by atoms with E-state index >= 15 is 0 Å². The van der Waals surface area contributed by atoms with Gasteiger partial charge >= 0.3 is 0 Å². The number of benzene rings is 1. The first kappa shape index (κ1) is 21.1. The van der Waals surface area contributed by atoms with Gasteiger partial charge in [-0.25, -0.2) is 10.5 Å². The Morgan fingerprint density at radius 2 is 2.23 bits per heavy atom. The first-order chi connectivity index (χ1) is 15.1. The van der Waals surface area contributed by atoms with Gasteiger partial charge in [0.2, 0.25) is 0 Å². The maximum absolute atomic E-state index is 11.4. The van der Waals surface area contributed by atoms with E-state index in [1.54, 1.807) is 17.8 Å². The molecule has 1 aliphatic rings. The van der Waals surface area contributed by atoms with Crippen molar-refractivity contribution in [3.63, 3.8) is 0 Å². The molecule has 1 amide bonds. The zero-order valence-electron chi connectivity index (χ0n) is 17.9. The summed E-state index contributed by atoms with van der Waals surface area (Å²) in [6.45, 7) is 7.35. The van der Waals surface area contributed by atoms with Gasteiger partial charge in [0.25, 0.3) is 5.91 Å². The van der Waals surface area contributed by atoms with Crippen LogP contribution in [0.5, 0.6) is 0 Å². The molecular weight excluding hydrogens is 392 g/mol. The Balaban J connectivity index is 1.81. The molecule has 1 atom stereocenters. The van der Waals surface area contributed by atoms with Crippen LogP contribution >= 0.6 is 0 Å². The minimum absolute atomic E-state index is 0.296. The second-order valence-corrected chi connectivity index (χ2v) is 7.84. The number of nitrogens with one attached hydrogen (secondary N) is 1. The Morgan fingerprint density at radius 1 is 1.35 bits per heavy atom. The van der Waals surface area contributed by atoms with Gasteiger partial charge in [-0.2, -0.15) is 0 Å². The van der Waals surface area contributed by atoms with Crippen molar-refractivity contribution in [2.75, 3.05) is 19.6 Å². The molecule has 3 aromatic rings. The number of carbonyl (C=O) groups excluding carboxylic acids is 1. The molecule has 1 fully saturated rings. The highest BCUT2D eigenvalue weighted by Gasteiger charge is 2.28. The van der Waals surface area contributed by atoms with E-state index in [2.05, 4.69) is 16.4 Å². The van der Waals surface area contributed by atoms with Gasteiger partial charge in [-0.05, 0) is 62.7 Å². The van der Waals surface area contributed by atoms with Crippen molar-refractivity contribution in [3.05, 3.63) is 60.0 Å². The van der Waals surface area contributed by atoms with Crippen molar-refractivity contribution >= 4 is 12.0 Å². The number of hydrogen-bond acceptors (Lipinski definition) is 5. The number of furan rings is 1. The van der Waals surface area contributed by atoms with E-state index in [1.807, 2.05) is 43.3 Å². The van der Waals surface area contributed by atoms with Crippen LogP contribution in [0, 0.1) is 6.92 Å². The number of likely N-dealkylation sites (tertiary alicyclic amines) is 1. The Labute approximate surface area is 182 Å². The lowest BCUT2D eigenvalue weighted by Crippen LogP contribution is -2.36. The van der Waals surface area contributed by atoms with Crippen molar-refractivity contribution in [2.24, 2.45) is 0 Å². The molecule has 162 valence electrons. The number of rotatable bonds is 6. The summed E-state index contributed by atoms with van der Waals surface area (Å²) < 4.78 is 8.11. The molecule has 3 heterocycles. The molecular formula is C24H28N4O3. The van der Waals surface area contributed by atoms with Gasteiger partial charge in [-0.3, -0.25) is 10.0 Å². The summed E-state index contributed by atoms with van der Waals surface area (Å²) in [6, 6.07) is 12.1. The molecule has 0 bridgehead atoms. The van der Waals surface area contributed by atoms with Crippen LogP contribution in [-0.2, 0) is 4.79 Å².